The maximum Gasteiger partial charge on any atom is 0.276 e. The average molecular weight is 469 g/mol. The second-order valence-corrected chi connectivity index (χ2v) is 8.51. The molecule has 4 rings (SSSR count). The van der Waals surface area contributed by atoms with E-state index in [1.54, 1.807) is 23.8 Å². The third-order valence-electron chi connectivity index (χ3n) is 4.80. The molecule has 9 heteroatoms. The van der Waals surface area contributed by atoms with Crippen molar-refractivity contribution < 1.29 is 13.9 Å². The molecule has 32 heavy (non-hydrogen) atoms. The second kappa shape index (κ2) is 10.1. The molecule has 2 aromatic heterocycles. The highest BCUT2D eigenvalue weighted by Gasteiger charge is 2.19. The van der Waals surface area contributed by atoms with Crippen molar-refractivity contribution in [3.8, 4) is 16.9 Å². The van der Waals surface area contributed by atoms with Crippen molar-refractivity contribution in [3.63, 3.8) is 0 Å². The van der Waals surface area contributed by atoms with Crippen molar-refractivity contribution >= 4 is 34.1 Å². The minimum Gasteiger partial charge on any atom is -0.384 e. The van der Waals surface area contributed by atoms with Crippen molar-refractivity contribution in [2.24, 2.45) is 0 Å². The highest BCUT2D eigenvalue weighted by atomic mass is 32.2. The fraction of sp³-hybridized carbons (Fsp3) is 0.174. The summed E-state index contributed by atoms with van der Waals surface area (Å²) in [5, 5.41) is 5.89. The van der Waals surface area contributed by atoms with Gasteiger partial charge in [-0.25, -0.2) is 14.4 Å². The molecule has 0 aliphatic rings. The molecule has 0 spiro atoms. The van der Waals surface area contributed by atoms with Crippen molar-refractivity contribution in [2.75, 3.05) is 25.3 Å². The van der Waals surface area contributed by atoms with Gasteiger partial charge in [-0.15, -0.1) is 11.3 Å². The summed E-state index contributed by atoms with van der Waals surface area (Å²) in [4.78, 5) is 21.9. The van der Waals surface area contributed by atoms with E-state index in [0.717, 1.165) is 17.7 Å². The van der Waals surface area contributed by atoms with Crippen LogP contribution in [-0.2, 0) is 11.2 Å². The topological polar surface area (TPSA) is 69.0 Å². The predicted octanol–water partition coefficient (Wildman–Crippen LogP) is 5.30. The third-order valence-corrected chi connectivity index (χ3v) is 6.21. The molecule has 0 aliphatic heterocycles. The molecule has 6 nitrogen and oxygen atoms in total. The van der Waals surface area contributed by atoms with Gasteiger partial charge < -0.3 is 4.74 Å². The number of amides is 1. The van der Waals surface area contributed by atoms with Crippen LogP contribution in [0.25, 0.3) is 16.9 Å². The molecular formula is C23H21FN4O2S2. The van der Waals surface area contributed by atoms with Gasteiger partial charge in [0.15, 0.2) is 10.3 Å². The molecule has 0 aliphatic carbocycles. The lowest BCUT2D eigenvalue weighted by molar-refractivity contribution is 0.102. The fourth-order valence-corrected chi connectivity index (χ4v) is 4.42. The Balaban J connectivity index is 1.53. The summed E-state index contributed by atoms with van der Waals surface area (Å²) < 4.78 is 20.2. The summed E-state index contributed by atoms with van der Waals surface area (Å²) in [7, 11) is 1.69. The summed E-state index contributed by atoms with van der Waals surface area (Å²) in [6.07, 6.45) is 4.24. The first-order valence-electron chi connectivity index (χ1n) is 9.82. The zero-order valence-electron chi connectivity index (χ0n) is 17.5. The Morgan fingerprint density at radius 1 is 1.19 bits per heavy atom. The van der Waals surface area contributed by atoms with E-state index in [2.05, 4.69) is 27.4 Å². The standard InChI is InChI=1S/C23H21FN4O2S2/c1-30-12-11-15-3-5-16(6-4-15)19-14-32-22(26-19)27-21(29)20-13-25-23(31-2)28(20)18-9-7-17(24)8-10-18/h3-10,13-14H,11-12H2,1-2H3,(H,26,27,29). The number of rotatable bonds is 8. The SMILES string of the molecule is COCCc1ccc(-c2csc(NC(=O)c3cnc(SC)n3-c3ccc(F)cc3)n2)cc1. The molecule has 0 bridgehead atoms. The number of thiazole rings is 1. The monoisotopic (exact) mass is 468 g/mol. The number of hydrogen-bond donors (Lipinski definition) is 1. The Morgan fingerprint density at radius 2 is 1.94 bits per heavy atom. The number of carbonyl (C=O) groups is 1. The molecular weight excluding hydrogens is 447 g/mol. The van der Waals surface area contributed by atoms with Gasteiger partial charge in [-0.3, -0.25) is 14.7 Å². The van der Waals surface area contributed by atoms with Gasteiger partial charge in [0.2, 0.25) is 0 Å². The number of nitrogens with one attached hydrogen (secondary N) is 1. The number of ether oxygens (including phenoxy) is 1. The lowest BCUT2D eigenvalue weighted by atomic mass is 10.1. The summed E-state index contributed by atoms with van der Waals surface area (Å²) in [5.74, 6) is -0.675. The van der Waals surface area contributed by atoms with E-state index in [1.165, 1.54) is 47.0 Å². The molecule has 164 valence electrons. The van der Waals surface area contributed by atoms with Crippen LogP contribution >= 0.6 is 23.1 Å². The molecule has 0 saturated carbocycles. The molecule has 0 atom stereocenters. The number of hydrogen-bond acceptors (Lipinski definition) is 6. The number of thioether (sulfide) groups is 1. The molecule has 0 unspecified atom stereocenters. The first-order chi connectivity index (χ1) is 15.6. The second-order valence-electron chi connectivity index (χ2n) is 6.87. The maximum atomic E-state index is 13.4. The van der Waals surface area contributed by atoms with Gasteiger partial charge >= 0.3 is 0 Å². The van der Waals surface area contributed by atoms with E-state index in [1.807, 2.05) is 23.8 Å². The third kappa shape index (κ3) is 4.90. The number of benzene rings is 2. The van der Waals surface area contributed by atoms with Crippen LogP contribution in [0.4, 0.5) is 9.52 Å². The van der Waals surface area contributed by atoms with Crippen LogP contribution in [0.15, 0.2) is 65.3 Å². The van der Waals surface area contributed by atoms with E-state index in [0.29, 0.717) is 28.3 Å². The molecule has 0 radical (unpaired) electrons. The molecule has 1 N–H and O–H groups in total. The smallest absolute Gasteiger partial charge is 0.276 e. The van der Waals surface area contributed by atoms with Crippen LogP contribution in [0.1, 0.15) is 16.1 Å². The van der Waals surface area contributed by atoms with Gasteiger partial charge in [-0.05, 0) is 42.5 Å². The number of aromatic nitrogens is 3. The quantitative estimate of drug-likeness (QED) is 0.356. The van der Waals surface area contributed by atoms with Crippen molar-refractivity contribution in [1.82, 2.24) is 14.5 Å². The van der Waals surface area contributed by atoms with E-state index < -0.39 is 0 Å². The molecule has 0 saturated heterocycles. The van der Waals surface area contributed by atoms with Gasteiger partial charge in [-0.2, -0.15) is 0 Å². The van der Waals surface area contributed by atoms with E-state index >= 15 is 0 Å². The Labute approximate surface area is 193 Å². The van der Waals surface area contributed by atoms with Crippen LogP contribution in [0.5, 0.6) is 0 Å². The van der Waals surface area contributed by atoms with Crippen LogP contribution in [0.3, 0.4) is 0 Å². The highest BCUT2D eigenvalue weighted by Crippen LogP contribution is 2.27. The number of imidazole rings is 1. The lowest BCUT2D eigenvalue weighted by Gasteiger charge is -2.10. The summed E-state index contributed by atoms with van der Waals surface area (Å²) in [6, 6.07) is 14.1. The average Bonchev–Trinajstić information content (AvgIpc) is 3.46. The highest BCUT2D eigenvalue weighted by molar-refractivity contribution is 7.98. The molecule has 4 aromatic rings. The van der Waals surface area contributed by atoms with Gasteiger partial charge in [0.25, 0.3) is 5.91 Å². The number of nitrogens with zero attached hydrogens (tertiary/aromatic N) is 3. The number of carbonyl (C=O) groups excluding carboxylic acids is 1. The molecule has 1 amide bonds. The summed E-state index contributed by atoms with van der Waals surface area (Å²) in [5.41, 5.74) is 3.97. The minimum atomic E-state index is -0.340. The number of methoxy groups -OCH3 is 1. The Morgan fingerprint density at radius 3 is 2.62 bits per heavy atom. The summed E-state index contributed by atoms with van der Waals surface area (Å²) >= 11 is 2.76. The van der Waals surface area contributed by atoms with E-state index in [-0.39, 0.29) is 11.7 Å². The van der Waals surface area contributed by atoms with E-state index in [4.69, 9.17) is 4.74 Å². The number of halogens is 1. The van der Waals surface area contributed by atoms with Gasteiger partial charge in [0.05, 0.1) is 18.5 Å². The first kappa shape index (κ1) is 22.2. The Kier molecular flexibility index (Phi) is 6.99. The number of anilines is 1. The molecule has 2 aromatic carbocycles. The zero-order valence-corrected chi connectivity index (χ0v) is 19.2. The van der Waals surface area contributed by atoms with Crippen molar-refractivity contribution in [1.29, 1.82) is 0 Å². The minimum absolute atomic E-state index is 0.335. The van der Waals surface area contributed by atoms with Crippen LogP contribution in [0, 0.1) is 5.82 Å². The van der Waals surface area contributed by atoms with Gasteiger partial charge in [-0.1, -0.05) is 36.0 Å². The largest absolute Gasteiger partial charge is 0.384 e. The van der Waals surface area contributed by atoms with Gasteiger partial charge in [0.1, 0.15) is 11.5 Å². The van der Waals surface area contributed by atoms with Crippen molar-refractivity contribution in [2.45, 2.75) is 11.6 Å². The Hall–Kier alpha value is -3.01. The van der Waals surface area contributed by atoms with E-state index in [9.17, 15) is 9.18 Å². The lowest BCUT2D eigenvalue weighted by Crippen LogP contribution is -2.16. The van der Waals surface area contributed by atoms with Crippen LogP contribution in [-0.4, -0.2) is 40.4 Å². The van der Waals surface area contributed by atoms with Crippen molar-refractivity contribution in [3.05, 3.63) is 77.2 Å². The van der Waals surface area contributed by atoms with Crippen LogP contribution < -0.4 is 5.32 Å². The molecule has 0 fully saturated rings. The summed E-state index contributed by atoms with van der Waals surface area (Å²) in [6.45, 7) is 0.680. The van der Waals surface area contributed by atoms with Crippen LogP contribution in [0.2, 0.25) is 0 Å². The van der Waals surface area contributed by atoms with Gasteiger partial charge in [0, 0.05) is 23.7 Å². The normalized spacial score (nSPS) is 11.0. The first-order valence-corrected chi connectivity index (χ1v) is 11.9. The predicted molar refractivity (Wildman–Crippen MR) is 126 cm³/mol. The zero-order chi connectivity index (χ0) is 22.5. The maximum absolute atomic E-state index is 13.4. The molecule has 2 heterocycles. The Bertz CT molecular complexity index is 1200. The fourth-order valence-electron chi connectivity index (χ4n) is 3.17.